The van der Waals surface area contributed by atoms with Crippen LogP contribution in [0.5, 0.6) is 0 Å². The van der Waals surface area contributed by atoms with Crippen LogP contribution in [0.15, 0.2) is 65.4 Å². The SMILES string of the molecule is O=C(CCNC(=O)Nc1ccccc1)Nc1ncn(Cc2cccc(Br)c2)n1. The number of aromatic nitrogens is 3. The van der Waals surface area contributed by atoms with Gasteiger partial charge in [0.25, 0.3) is 0 Å². The van der Waals surface area contributed by atoms with E-state index in [4.69, 9.17) is 0 Å². The Labute approximate surface area is 170 Å². The molecular weight excluding hydrogens is 424 g/mol. The summed E-state index contributed by atoms with van der Waals surface area (Å²) in [6, 6.07) is 16.6. The van der Waals surface area contributed by atoms with Crippen molar-refractivity contribution in [2.24, 2.45) is 0 Å². The average molecular weight is 443 g/mol. The van der Waals surface area contributed by atoms with Gasteiger partial charge in [0.2, 0.25) is 11.9 Å². The highest BCUT2D eigenvalue weighted by molar-refractivity contribution is 9.10. The number of anilines is 2. The van der Waals surface area contributed by atoms with Crippen LogP contribution >= 0.6 is 15.9 Å². The summed E-state index contributed by atoms with van der Waals surface area (Å²) < 4.78 is 2.63. The molecule has 0 saturated heterocycles. The van der Waals surface area contributed by atoms with Gasteiger partial charge in [0.05, 0.1) is 6.54 Å². The Kier molecular flexibility index (Phi) is 6.74. The first kappa shape index (κ1) is 19.6. The molecule has 0 spiro atoms. The topological polar surface area (TPSA) is 101 Å². The molecule has 8 nitrogen and oxygen atoms in total. The van der Waals surface area contributed by atoms with Crippen LogP contribution in [0.25, 0.3) is 0 Å². The molecule has 144 valence electrons. The molecule has 0 unspecified atom stereocenters. The van der Waals surface area contributed by atoms with Crippen molar-refractivity contribution < 1.29 is 9.59 Å². The summed E-state index contributed by atoms with van der Waals surface area (Å²) in [5, 5.41) is 12.2. The summed E-state index contributed by atoms with van der Waals surface area (Å²) >= 11 is 3.43. The molecule has 3 rings (SSSR count). The third-order valence-electron chi connectivity index (χ3n) is 3.69. The number of carbonyl (C=O) groups excluding carboxylic acids is 2. The van der Waals surface area contributed by atoms with Crippen molar-refractivity contribution in [3.8, 4) is 0 Å². The van der Waals surface area contributed by atoms with Crippen LogP contribution in [0.2, 0.25) is 0 Å². The maximum absolute atomic E-state index is 12.0. The number of nitrogens with one attached hydrogen (secondary N) is 3. The van der Waals surface area contributed by atoms with E-state index in [2.05, 4.69) is 42.0 Å². The molecule has 1 heterocycles. The van der Waals surface area contributed by atoms with Gasteiger partial charge in [-0.1, -0.05) is 46.3 Å². The summed E-state index contributed by atoms with van der Waals surface area (Å²) in [4.78, 5) is 27.8. The molecule has 2 aromatic carbocycles. The predicted octanol–water partition coefficient (Wildman–Crippen LogP) is 3.24. The number of nitrogens with zero attached hydrogens (tertiary/aromatic N) is 3. The molecule has 0 aliphatic rings. The van der Waals surface area contributed by atoms with Crippen LogP contribution in [0.4, 0.5) is 16.4 Å². The van der Waals surface area contributed by atoms with Crippen LogP contribution in [-0.2, 0) is 11.3 Å². The standard InChI is InChI=1S/C19H19BrN6O2/c20-15-6-4-5-14(11-15)12-26-13-22-18(25-26)24-17(27)9-10-21-19(28)23-16-7-2-1-3-8-16/h1-8,11,13H,9-10,12H2,(H2,21,23,28)(H,24,25,27). The zero-order valence-corrected chi connectivity index (χ0v) is 16.5. The second-order valence-corrected chi connectivity index (χ2v) is 6.86. The first-order chi connectivity index (χ1) is 13.6. The Morgan fingerprint density at radius 2 is 1.86 bits per heavy atom. The van der Waals surface area contributed by atoms with E-state index in [-0.39, 0.29) is 30.9 Å². The number of halogens is 1. The lowest BCUT2D eigenvalue weighted by Crippen LogP contribution is -2.31. The molecule has 3 N–H and O–H groups in total. The summed E-state index contributed by atoms with van der Waals surface area (Å²) in [6.07, 6.45) is 1.67. The van der Waals surface area contributed by atoms with Crippen molar-refractivity contribution in [2.75, 3.05) is 17.2 Å². The monoisotopic (exact) mass is 442 g/mol. The fourth-order valence-corrected chi connectivity index (χ4v) is 2.87. The van der Waals surface area contributed by atoms with Crippen molar-refractivity contribution >= 4 is 39.5 Å². The molecule has 0 fully saturated rings. The van der Waals surface area contributed by atoms with Gasteiger partial charge in [0, 0.05) is 23.1 Å². The highest BCUT2D eigenvalue weighted by Gasteiger charge is 2.08. The molecule has 0 aliphatic carbocycles. The molecule has 0 saturated carbocycles. The molecule has 0 aliphatic heterocycles. The highest BCUT2D eigenvalue weighted by atomic mass is 79.9. The van der Waals surface area contributed by atoms with Crippen molar-refractivity contribution in [2.45, 2.75) is 13.0 Å². The Bertz CT molecular complexity index is 944. The van der Waals surface area contributed by atoms with E-state index in [0.29, 0.717) is 12.2 Å². The smallest absolute Gasteiger partial charge is 0.319 e. The minimum atomic E-state index is -0.365. The fourth-order valence-electron chi connectivity index (χ4n) is 2.42. The normalized spacial score (nSPS) is 10.3. The van der Waals surface area contributed by atoms with Crippen LogP contribution in [-0.4, -0.2) is 33.2 Å². The second kappa shape index (κ2) is 9.65. The maximum atomic E-state index is 12.0. The summed E-state index contributed by atoms with van der Waals surface area (Å²) in [5.41, 5.74) is 1.75. The number of amides is 3. The molecule has 1 aromatic heterocycles. The van der Waals surface area contributed by atoms with Crippen molar-refractivity contribution in [3.63, 3.8) is 0 Å². The van der Waals surface area contributed by atoms with Gasteiger partial charge >= 0.3 is 6.03 Å². The summed E-state index contributed by atoms with van der Waals surface area (Å²) in [7, 11) is 0. The lowest BCUT2D eigenvalue weighted by Gasteiger charge is -2.07. The van der Waals surface area contributed by atoms with Gasteiger partial charge in [0.1, 0.15) is 6.33 Å². The van der Waals surface area contributed by atoms with Crippen molar-refractivity contribution in [3.05, 3.63) is 71.0 Å². The third-order valence-corrected chi connectivity index (χ3v) is 4.18. The molecule has 0 atom stereocenters. The number of hydrogen-bond donors (Lipinski definition) is 3. The van der Waals surface area contributed by atoms with Crippen molar-refractivity contribution in [1.82, 2.24) is 20.1 Å². The minimum Gasteiger partial charge on any atom is -0.337 e. The fraction of sp³-hybridized carbons (Fsp3) is 0.158. The van der Waals surface area contributed by atoms with Gasteiger partial charge in [-0.25, -0.2) is 14.5 Å². The predicted molar refractivity (Wildman–Crippen MR) is 110 cm³/mol. The van der Waals surface area contributed by atoms with Crippen LogP contribution < -0.4 is 16.0 Å². The Morgan fingerprint density at radius 3 is 2.64 bits per heavy atom. The highest BCUT2D eigenvalue weighted by Crippen LogP contribution is 2.12. The zero-order valence-electron chi connectivity index (χ0n) is 14.9. The van der Waals surface area contributed by atoms with Crippen LogP contribution in [0, 0.1) is 0 Å². The number of para-hydroxylation sites is 1. The van der Waals surface area contributed by atoms with E-state index in [1.165, 1.54) is 0 Å². The summed E-state index contributed by atoms with van der Waals surface area (Å²) in [6.45, 7) is 0.743. The van der Waals surface area contributed by atoms with Crippen LogP contribution in [0.1, 0.15) is 12.0 Å². The van der Waals surface area contributed by atoms with E-state index < -0.39 is 0 Å². The molecule has 0 radical (unpaired) electrons. The molecule has 3 aromatic rings. The zero-order chi connectivity index (χ0) is 19.8. The number of carbonyl (C=O) groups is 2. The van der Waals surface area contributed by atoms with E-state index in [9.17, 15) is 9.59 Å². The van der Waals surface area contributed by atoms with Crippen molar-refractivity contribution in [1.29, 1.82) is 0 Å². The minimum absolute atomic E-state index is 0.113. The van der Waals surface area contributed by atoms with Gasteiger partial charge in [-0.05, 0) is 29.8 Å². The quantitative estimate of drug-likeness (QED) is 0.522. The number of rotatable bonds is 7. The molecule has 28 heavy (non-hydrogen) atoms. The molecule has 3 amide bonds. The third kappa shape index (κ3) is 6.20. The Morgan fingerprint density at radius 1 is 1.04 bits per heavy atom. The van der Waals surface area contributed by atoms with E-state index in [1.807, 2.05) is 42.5 Å². The number of urea groups is 1. The van der Waals surface area contributed by atoms with Gasteiger partial charge in [-0.3, -0.25) is 10.1 Å². The Hall–Kier alpha value is -3.20. The van der Waals surface area contributed by atoms with E-state index >= 15 is 0 Å². The Balaban J connectivity index is 1.40. The molecular formula is C19H19BrN6O2. The lowest BCUT2D eigenvalue weighted by atomic mass is 10.2. The van der Waals surface area contributed by atoms with Crippen LogP contribution in [0.3, 0.4) is 0 Å². The molecule has 0 bridgehead atoms. The largest absolute Gasteiger partial charge is 0.337 e. The lowest BCUT2D eigenvalue weighted by molar-refractivity contribution is -0.116. The van der Waals surface area contributed by atoms with Gasteiger partial charge in [0.15, 0.2) is 0 Å². The van der Waals surface area contributed by atoms with E-state index in [0.717, 1.165) is 10.0 Å². The van der Waals surface area contributed by atoms with Gasteiger partial charge < -0.3 is 10.6 Å². The first-order valence-electron chi connectivity index (χ1n) is 8.62. The maximum Gasteiger partial charge on any atom is 0.319 e. The number of benzene rings is 2. The van der Waals surface area contributed by atoms with Gasteiger partial charge in [-0.15, -0.1) is 5.10 Å². The number of hydrogen-bond acceptors (Lipinski definition) is 4. The van der Waals surface area contributed by atoms with Gasteiger partial charge in [-0.2, -0.15) is 0 Å². The average Bonchev–Trinajstić information content (AvgIpc) is 3.09. The second-order valence-electron chi connectivity index (χ2n) is 5.94. The first-order valence-corrected chi connectivity index (χ1v) is 9.41. The summed E-state index contributed by atoms with van der Waals surface area (Å²) in [5.74, 6) is -0.0473. The van der Waals surface area contributed by atoms with E-state index in [1.54, 1.807) is 23.1 Å². The molecule has 9 heteroatoms.